The third kappa shape index (κ3) is 1.80. The van der Waals surface area contributed by atoms with Gasteiger partial charge in [-0.25, -0.2) is 9.97 Å². The number of nitrogens with zero attached hydrogens (tertiary/aromatic N) is 3. The van der Waals surface area contributed by atoms with E-state index in [2.05, 4.69) is 28.7 Å². The van der Waals surface area contributed by atoms with Crippen LogP contribution in [0.15, 0.2) is 12.4 Å². The Kier molecular flexibility index (Phi) is 2.59. The molecule has 0 spiro atoms. The van der Waals surface area contributed by atoms with Crippen LogP contribution in [-0.4, -0.2) is 23.1 Å². The molecule has 0 atom stereocenters. The standard InChI is InChI=1S/C11H16FN3/c1-3-11(4-2)6-15(7-11)10-5-9(12)13-8-14-10/h5,8H,3-4,6-7H2,1-2H3. The summed E-state index contributed by atoms with van der Waals surface area (Å²) in [5, 5.41) is 0. The van der Waals surface area contributed by atoms with Crippen molar-refractivity contribution in [3.63, 3.8) is 0 Å². The molecule has 2 heterocycles. The summed E-state index contributed by atoms with van der Waals surface area (Å²) in [4.78, 5) is 9.63. The van der Waals surface area contributed by atoms with E-state index in [1.165, 1.54) is 25.2 Å². The summed E-state index contributed by atoms with van der Waals surface area (Å²) in [5.41, 5.74) is 0.418. The van der Waals surface area contributed by atoms with Gasteiger partial charge >= 0.3 is 0 Å². The minimum atomic E-state index is -0.453. The quantitative estimate of drug-likeness (QED) is 0.715. The van der Waals surface area contributed by atoms with Crippen LogP contribution < -0.4 is 4.90 Å². The van der Waals surface area contributed by atoms with Gasteiger partial charge in [-0.3, -0.25) is 0 Å². The Balaban J connectivity index is 2.05. The van der Waals surface area contributed by atoms with Crippen molar-refractivity contribution in [1.29, 1.82) is 0 Å². The van der Waals surface area contributed by atoms with Crippen LogP contribution in [0.2, 0.25) is 0 Å². The second-order valence-corrected chi connectivity index (χ2v) is 4.26. The SMILES string of the molecule is CCC1(CC)CN(c2cc(F)ncn2)C1. The molecule has 0 aromatic carbocycles. The van der Waals surface area contributed by atoms with Crippen molar-refractivity contribution >= 4 is 5.82 Å². The highest BCUT2D eigenvalue weighted by molar-refractivity contribution is 5.41. The smallest absolute Gasteiger partial charge is 0.218 e. The molecule has 0 saturated carbocycles. The predicted octanol–water partition coefficient (Wildman–Crippen LogP) is 2.24. The van der Waals surface area contributed by atoms with E-state index in [0.717, 1.165) is 13.1 Å². The Morgan fingerprint density at radius 3 is 2.53 bits per heavy atom. The van der Waals surface area contributed by atoms with Gasteiger partial charge in [0.1, 0.15) is 12.1 Å². The molecule has 0 amide bonds. The zero-order chi connectivity index (χ0) is 10.9. The van der Waals surface area contributed by atoms with E-state index in [0.29, 0.717) is 11.2 Å². The van der Waals surface area contributed by atoms with Crippen molar-refractivity contribution in [3.8, 4) is 0 Å². The normalized spacial score (nSPS) is 18.7. The van der Waals surface area contributed by atoms with E-state index in [4.69, 9.17) is 0 Å². The van der Waals surface area contributed by atoms with E-state index in [9.17, 15) is 4.39 Å². The number of hydrogen-bond donors (Lipinski definition) is 0. The Labute approximate surface area is 89.3 Å². The fourth-order valence-corrected chi connectivity index (χ4v) is 2.12. The predicted molar refractivity (Wildman–Crippen MR) is 57.2 cm³/mol. The van der Waals surface area contributed by atoms with Crippen molar-refractivity contribution in [3.05, 3.63) is 18.3 Å². The molecular weight excluding hydrogens is 193 g/mol. The second-order valence-electron chi connectivity index (χ2n) is 4.26. The number of rotatable bonds is 3. The molecule has 0 bridgehead atoms. The number of halogens is 1. The maximum absolute atomic E-state index is 12.9. The lowest BCUT2D eigenvalue weighted by molar-refractivity contribution is 0.193. The lowest BCUT2D eigenvalue weighted by atomic mass is 9.75. The molecule has 82 valence electrons. The zero-order valence-electron chi connectivity index (χ0n) is 9.20. The first kappa shape index (κ1) is 10.3. The summed E-state index contributed by atoms with van der Waals surface area (Å²) in [6.45, 7) is 6.38. The summed E-state index contributed by atoms with van der Waals surface area (Å²) in [5.74, 6) is 0.255. The van der Waals surface area contributed by atoms with Gasteiger partial charge < -0.3 is 4.90 Å². The first-order chi connectivity index (χ1) is 7.19. The minimum Gasteiger partial charge on any atom is -0.355 e. The minimum absolute atomic E-state index is 0.418. The van der Waals surface area contributed by atoms with E-state index in [-0.39, 0.29) is 0 Å². The molecule has 0 unspecified atom stereocenters. The molecule has 0 aliphatic carbocycles. The molecule has 1 aliphatic heterocycles. The van der Waals surface area contributed by atoms with Crippen LogP contribution in [0.3, 0.4) is 0 Å². The first-order valence-electron chi connectivity index (χ1n) is 5.41. The Hall–Kier alpha value is -1.19. The van der Waals surface area contributed by atoms with Crippen LogP contribution in [0.1, 0.15) is 26.7 Å². The lowest BCUT2D eigenvalue weighted by Crippen LogP contribution is -2.56. The van der Waals surface area contributed by atoms with Crippen LogP contribution in [0, 0.1) is 11.4 Å². The van der Waals surface area contributed by atoms with Crippen molar-refractivity contribution < 1.29 is 4.39 Å². The monoisotopic (exact) mass is 209 g/mol. The molecule has 15 heavy (non-hydrogen) atoms. The fourth-order valence-electron chi connectivity index (χ4n) is 2.12. The highest BCUT2D eigenvalue weighted by Crippen LogP contribution is 2.38. The van der Waals surface area contributed by atoms with Gasteiger partial charge in [-0.05, 0) is 12.8 Å². The summed E-state index contributed by atoms with van der Waals surface area (Å²) in [7, 11) is 0. The van der Waals surface area contributed by atoms with Gasteiger partial charge in [0.25, 0.3) is 0 Å². The van der Waals surface area contributed by atoms with Gasteiger partial charge in [-0.1, -0.05) is 13.8 Å². The maximum Gasteiger partial charge on any atom is 0.218 e. The molecule has 4 heteroatoms. The molecule has 3 nitrogen and oxygen atoms in total. The second kappa shape index (κ2) is 3.76. The fraction of sp³-hybridized carbons (Fsp3) is 0.636. The Morgan fingerprint density at radius 2 is 2.00 bits per heavy atom. The summed E-state index contributed by atoms with van der Waals surface area (Å²) >= 11 is 0. The third-order valence-electron chi connectivity index (χ3n) is 3.50. The topological polar surface area (TPSA) is 29.0 Å². The molecule has 1 saturated heterocycles. The summed E-state index contributed by atoms with van der Waals surface area (Å²) < 4.78 is 12.9. The molecular formula is C11H16FN3. The third-order valence-corrected chi connectivity index (χ3v) is 3.50. The van der Waals surface area contributed by atoms with Gasteiger partial charge in [0.15, 0.2) is 0 Å². The van der Waals surface area contributed by atoms with Gasteiger partial charge in [0.2, 0.25) is 5.95 Å². The molecule has 0 N–H and O–H groups in total. The highest BCUT2D eigenvalue weighted by atomic mass is 19.1. The molecule has 2 rings (SSSR count). The number of aromatic nitrogens is 2. The lowest BCUT2D eigenvalue weighted by Gasteiger charge is -2.50. The Bertz CT molecular complexity index is 341. The average Bonchev–Trinajstić information content (AvgIpc) is 2.18. The zero-order valence-corrected chi connectivity index (χ0v) is 9.20. The number of hydrogen-bond acceptors (Lipinski definition) is 3. The van der Waals surface area contributed by atoms with Crippen LogP contribution in [0.4, 0.5) is 10.2 Å². The highest BCUT2D eigenvalue weighted by Gasteiger charge is 2.40. The van der Waals surface area contributed by atoms with Gasteiger partial charge in [-0.15, -0.1) is 0 Å². The molecule has 1 fully saturated rings. The van der Waals surface area contributed by atoms with E-state index >= 15 is 0 Å². The van der Waals surface area contributed by atoms with Crippen molar-refractivity contribution in [2.75, 3.05) is 18.0 Å². The van der Waals surface area contributed by atoms with E-state index < -0.39 is 5.95 Å². The molecule has 0 radical (unpaired) electrons. The molecule has 1 aromatic rings. The molecule has 1 aromatic heterocycles. The summed E-state index contributed by atoms with van der Waals surface area (Å²) in [6.07, 6.45) is 3.63. The van der Waals surface area contributed by atoms with E-state index in [1.807, 2.05) is 0 Å². The van der Waals surface area contributed by atoms with Crippen molar-refractivity contribution in [2.24, 2.45) is 5.41 Å². The van der Waals surface area contributed by atoms with Gasteiger partial charge in [-0.2, -0.15) is 4.39 Å². The van der Waals surface area contributed by atoms with Crippen LogP contribution in [0.25, 0.3) is 0 Å². The molecule has 1 aliphatic rings. The van der Waals surface area contributed by atoms with Crippen LogP contribution >= 0.6 is 0 Å². The largest absolute Gasteiger partial charge is 0.355 e. The van der Waals surface area contributed by atoms with Crippen LogP contribution in [0.5, 0.6) is 0 Å². The van der Waals surface area contributed by atoms with Crippen molar-refractivity contribution in [2.45, 2.75) is 26.7 Å². The maximum atomic E-state index is 12.9. The Morgan fingerprint density at radius 1 is 1.33 bits per heavy atom. The van der Waals surface area contributed by atoms with Crippen molar-refractivity contribution in [1.82, 2.24) is 9.97 Å². The number of anilines is 1. The first-order valence-corrected chi connectivity index (χ1v) is 5.41. The van der Waals surface area contributed by atoms with Crippen LogP contribution in [-0.2, 0) is 0 Å². The van der Waals surface area contributed by atoms with E-state index in [1.54, 1.807) is 0 Å². The van der Waals surface area contributed by atoms with Gasteiger partial charge in [0, 0.05) is 24.6 Å². The van der Waals surface area contributed by atoms with Gasteiger partial charge in [0.05, 0.1) is 0 Å². The summed E-state index contributed by atoms with van der Waals surface area (Å²) in [6, 6.07) is 1.40. The average molecular weight is 209 g/mol.